The zero-order valence-corrected chi connectivity index (χ0v) is 15.3. The van der Waals surface area contributed by atoms with Crippen molar-refractivity contribution in [2.45, 2.75) is 12.6 Å². The lowest BCUT2D eigenvalue weighted by Gasteiger charge is -2.23. The van der Waals surface area contributed by atoms with Crippen LogP contribution in [0.25, 0.3) is 5.76 Å². The van der Waals surface area contributed by atoms with Crippen LogP contribution in [-0.4, -0.2) is 26.7 Å². The minimum absolute atomic E-state index is 0.0221. The summed E-state index contributed by atoms with van der Waals surface area (Å²) >= 11 is 5.90. The van der Waals surface area contributed by atoms with Crippen LogP contribution in [0.15, 0.2) is 77.2 Å². The van der Waals surface area contributed by atoms with Gasteiger partial charge in [-0.3, -0.25) is 14.6 Å². The van der Waals surface area contributed by atoms with Gasteiger partial charge >= 0.3 is 0 Å². The van der Waals surface area contributed by atoms with E-state index in [1.807, 2.05) is 6.07 Å². The third-order valence-electron chi connectivity index (χ3n) is 4.55. The van der Waals surface area contributed by atoms with E-state index < -0.39 is 17.7 Å². The Morgan fingerprint density at radius 2 is 1.93 bits per heavy atom. The van der Waals surface area contributed by atoms with Gasteiger partial charge < -0.3 is 14.4 Å². The first-order valence-corrected chi connectivity index (χ1v) is 8.90. The van der Waals surface area contributed by atoms with Crippen LogP contribution in [0.2, 0.25) is 5.02 Å². The molecule has 0 aliphatic carbocycles. The van der Waals surface area contributed by atoms with E-state index >= 15 is 0 Å². The molecular weight excluding hydrogens is 380 g/mol. The summed E-state index contributed by atoms with van der Waals surface area (Å²) in [4.78, 5) is 31.0. The third kappa shape index (κ3) is 3.18. The highest BCUT2D eigenvalue weighted by molar-refractivity contribution is 6.46. The Morgan fingerprint density at radius 1 is 1.14 bits per heavy atom. The van der Waals surface area contributed by atoms with Crippen LogP contribution in [0.3, 0.4) is 0 Å². The summed E-state index contributed by atoms with van der Waals surface area (Å²) in [7, 11) is 0. The predicted octanol–water partition coefficient (Wildman–Crippen LogP) is 3.95. The molecule has 140 valence electrons. The smallest absolute Gasteiger partial charge is 0.296 e. The second kappa shape index (κ2) is 7.32. The summed E-state index contributed by atoms with van der Waals surface area (Å²) in [6.07, 6.45) is 4.71. The first kappa shape index (κ1) is 18.0. The van der Waals surface area contributed by atoms with Crippen LogP contribution in [0.5, 0.6) is 0 Å². The molecule has 1 N–H and O–H groups in total. The van der Waals surface area contributed by atoms with Gasteiger partial charge in [-0.15, -0.1) is 0 Å². The number of nitrogens with zero attached hydrogens (tertiary/aromatic N) is 2. The quantitative estimate of drug-likeness (QED) is 0.411. The van der Waals surface area contributed by atoms with Crippen LogP contribution in [0.4, 0.5) is 0 Å². The molecule has 0 saturated carbocycles. The molecule has 28 heavy (non-hydrogen) atoms. The van der Waals surface area contributed by atoms with Gasteiger partial charge in [0.1, 0.15) is 17.6 Å². The Morgan fingerprint density at radius 3 is 2.57 bits per heavy atom. The predicted molar refractivity (Wildman–Crippen MR) is 102 cm³/mol. The number of hydrogen-bond acceptors (Lipinski definition) is 5. The number of hydrogen-bond donors (Lipinski definition) is 1. The van der Waals surface area contributed by atoms with Gasteiger partial charge in [-0.1, -0.05) is 17.7 Å². The lowest BCUT2D eigenvalue weighted by molar-refractivity contribution is -0.140. The zero-order chi connectivity index (χ0) is 19.7. The van der Waals surface area contributed by atoms with Gasteiger partial charge in [0.05, 0.1) is 11.8 Å². The van der Waals surface area contributed by atoms with Crippen LogP contribution in [-0.2, 0) is 16.1 Å². The van der Waals surface area contributed by atoms with E-state index in [4.69, 9.17) is 16.0 Å². The Balaban J connectivity index is 1.83. The molecule has 1 aromatic carbocycles. The fourth-order valence-electron chi connectivity index (χ4n) is 3.24. The van der Waals surface area contributed by atoms with E-state index in [9.17, 15) is 14.7 Å². The second-order valence-corrected chi connectivity index (χ2v) is 6.75. The summed E-state index contributed by atoms with van der Waals surface area (Å²) in [5.41, 5.74) is 1.12. The Kier molecular flexibility index (Phi) is 4.71. The van der Waals surface area contributed by atoms with E-state index in [0.29, 0.717) is 16.3 Å². The number of likely N-dealkylation sites (tertiary alicyclic amines) is 1. The monoisotopic (exact) mass is 394 g/mol. The number of halogens is 1. The fourth-order valence-corrected chi connectivity index (χ4v) is 3.36. The Hall–Kier alpha value is -3.38. The van der Waals surface area contributed by atoms with Crippen LogP contribution < -0.4 is 0 Å². The van der Waals surface area contributed by atoms with E-state index in [1.54, 1.807) is 54.9 Å². The van der Waals surface area contributed by atoms with Crippen molar-refractivity contribution >= 4 is 29.1 Å². The van der Waals surface area contributed by atoms with E-state index in [2.05, 4.69) is 4.98 Å². The van der Waals surface area contributed by atoms with Gasteiger partial charge in [0.15, 0.2) is 0 Å². The maximum Gasteiger partial charge on any atom is 0.296 e. The molecule has 1 saturated heterocycles. The highest BCUT2D eigenvalue weighted by Gasteiger charge is 2.47. The summed E-state index contributed by atoms with van der Waals surface area (Å²) < 4.78 is 5.49. The molecule has 2 aromatic heterocycles. The van der Waals surface area contributed by atoms with E-state index in [0.717, 1.165) is 5.56 Å². The van der Waals surface area contributed by atoms with Gasteiger partial charge in [0.2, 0.25) is 0 Å². The number of amides is 1. The van der Waals surface area contributed by atoms with Crippen molar-refractivity contribution in [1.82, 2.24) is 9.88 Å². The maximum atomic E-state index is 12.8. The Bertz CT molecular complexity index is 1040. The van der Waals surface area contributed by atoms with Gasteiger partial charge in [-0.2, -0.15) is 0 Å². The highest BCUT2D eigenvalue weighted by Crippen LogP contribution is 2.40. The number of carbonyl (C=O) groups is 2. The van der Waals surface area contributed by atoms with Crippen molar-refractivity contribution in [2.75, 3.05) is 0 Å². The van der Waals surface area contributed by atoms with E-state index in [-0.39, 0.29) is 17.9 Å². The minimum atomic E-state index is -0.842. The van der Waals surface area contributed by atoms with Gasteiger partial charge in [0, 0.05) is 29.5 Å². The molecule has 0 radical (unpaired) electrons. The maximum absolute atomic E-state index is 12.8. The summed E-state index contributed by atoms with van der Waals surface area (Å²) in [5, 5.41) is 11.3. The first-order chi connectivity index (χ1) is 13.6. The molecule has 1 atom stereocenters. The molecular formula is C21H15ClN2O4. The lowest BCUT2D eigenvalue weighted by atomic mass is 9.99. The van der Waals surface area contributed by atoms with Crippen molar-refractivity contribution in [1.29, 1.82) is 0 Å². The van der Waals surface area contributed by atoms with Crippen molar-refractivity contribution in [3.05, 3.63) is 94.7 Å². The number of Topliss-reactive ketones (excluding diaryl/α,β-unsaturated/α-hetero) is 1. The molecule has 1 fully saturated rings. The molecule has 0 spiro atoms. The lowest BCUT2D eigenvalue weighted by Crippen LogP contribution is -2.29. The standard InChI is InChI=1S/C21H15ClN2O4/c22-15-7-5-14(6-8-15)19(25)17-18(16-4-2-10-28-16)24(21(27)20(17)26)12-13-3-1-9-23-11-13/h1-11,18,25H,12H2/b19-17-. The number of carbonyl (C=O) groups excluding carboxylic acids is 2. The van der Waals surface area contributed by atoms with E-state index in [1.165, 1.54) is 11.2 Å². The third-order valence-corrected chi connectivity index (χ3v) is 4.80. The first-order valence-electron chi connectivity index (χ1n) is 8.53. The number of pyridine rings is 1. The fraction of sp³-hybridized carbons (Fsp3) is 0.0952. The molecule has 1 aliphatic heterocycles. The summed E-state index contributed by atoms with van der Waals surface area (Å²) in [6.45, 7) is 0.154. The minimum Gasteiger partial charge on any atom is -0.507 e. The van der Waals surface area contributed by atoms with Crippen LogP contribution in [0, 0.1) is 0 Å². The van der Waals surface area contributed by atoms with Crippen molar-refractivity contribution < 1.29 is 19.1 Å². The average molecular weight is 395 g/mol. The van der Waals surface area contributed by atoms with Crippen LogP contribution in [0.1, 0.15) is 22.9 Å². The number of benzene rings is 1. The number of aliphatic hydroxyl groups excluding tert-OH is 1. The van der Waals surface area contributed by atoms with Crippen molar-refractivity contribution in [3.8, 4) is 0 Å². The van der Waals surface area contributed by atoms with Gasteiger partial charge in [-0.25, -0.2) is 0 Å². The molecule has 1 aliphatic rings. The molecule has 1 unspecified atom stereocenters. The molecule has 6 nitrogen and oxygen atoms in total. The van der Waals surface area contributed by atoms with Gasteiger partial charge in [-0.05, 0) is 48.0 Å². The Labute approximate surface area is 165 Å². The number of rotatable bonds is 4. The number of aromatic nitrogens is 1. The molecule has 3 aromatic rings. The molecule has 7 heteroatoms. The SMILES string of the molecule is O=C1C(=O)N(Cc2cccnc2)C(c2ccco2)/C1=C(/O)c1ccc(Cl)cc1. The number of ketones is 1. The second-order valence-electron chi connectivity index (χ2n) is 6.31. The van der Waals surface area contributed by atoms with Crippen LogP contribution >= 0.6 is 11.6 Å². The topological polar surface area (TPSA) is 83.6 Å². The largest absolute Gasteiger partial charge is 0.507 e. The number of aliphatic hydroxyl groups is 1. The summed E-state index contributed by atoms with van der Waals surface area (Å²) in [6, 6.07) is 12.4. The normalized spacial score (nSPS) is 18.6. The zero-order valence-electron chi connectivity index (χ0n) is 14.6. The molecule has 4 rings (SSSR count). The molecule has 0 bridgehead atoms. The van der Waals surface area contributed by atoms with Gasteiger partial charge in [0.25, 0.3) is 11.7 Å². The highest BCUT2D eigenvalue weighted by atomic mass is 35.5. The number of furan rings is 1. The summed E-state index contributed by atoms with van der Waals surface area (Å²) in [5.74, 6) is -1.36. The van der Waals surface area contributed by atoms with Crippen molar-refractivity contribution in [2.24, 2.45) is 0 Å². The van der Waals surface area contributed by atoms with Crippen molar-refractivity contribution in [3.63, 3.8) is 0 Å². The average Bonchev–Trinajstić information content (AvgIpc) is 3.32. The molecule has 3 heterocycles. The molecule has 1 amide bonds.